The van der Waals surface area contributed by atoms with Gasteiger partial charge in [0.05, 0.1) is 0 Å². The Labute approximate surface area is 134 Å². The van der Waals surface area contributed by atoms with Gasteiger partial charge in [0.15, 0.2) is 11.4 Å². The average molecular weight is 320 g/mol. The van der Waals surface area contributed by atoms with Crippen molar-refractivity contribution in [2.75, 3.05) is 24.6 Å². The summed E-state index contributed by atoms with van der Waals surface area (Å²) < 4.78 is 0. The number of carbonyl (C=O) groups excluding carboxylic acids is 2. The first-order valence-corrected chi connectivity index (χ1v) is 8.90. The molecule has 0 saturated carbocycles. The first-order chi connectivity index (χ1) is 10.8. The van der Waals surface area contributed by atoms with Crippen molar-refractivity contribution in [2.24, 2.45) is 0 Å². The third kappa shape index (κ3) is 3.40. The Morgan fingerprint density at radius 1 is 1.14 bits per heavy atom. The third-order valence-electron chi connectivity index (χ3n) is 4.02. The zero-order valence-electron chi connectivity index (χ0n) is 12.5. The lowest BCUT2D eigenvalue weighted by molar-refractivity contribution is 0.0710. The molecule has 2 saturated heterocycles. The highest BCUT2D eigenvalue weighted by Gasteiger charge is 2.27. The van der Waals surface area contributed by atoms with Crippen molar-refractivity contribution in [2.45, 2.75) is 31.7 Å². The van der Waals surface area contributed by atoms with Gasteiger partial charge >= 0.3 is 0 Å². The SMILES string of the molecule is O=C(NC1CCSC1)c1nccnc1C(=O)N1CCCCC1. The predicted octanol–water partition coefficient (Wildman–Crippen LogP) is 1.34. The maximum absolute atomic E-state index is 12.6. The Kier molecular flexibility index (Phi) is 4.92. The summed E-state index contributed by atoms with van der Waals surface area (Å²) in [6.07, 6.45) is 7.06. The predicted molar refractivity (Wildman–Crippen MR) is 85.0 cm³/mol. The molecule has 6 nitrogen and oxygen atoms in total. The van der Waals surface area contributed by atoms with Crippen molar-refractivity contribution in [3.8, 4) is 0 Å². The molecule has 0 bridgehead atoms. The molecule has 1 unspecified atom stereocenters. The number of thioether (sulfide) groups is 1. The van der Waals surface area contributed by atoms with E-state index in [1.54, 1.807) is 4.90 Å². The van der Waals surface area contributed by atoms with E-state index in [0.29, 0.717) is 0 Å². The fourth-order valence-electron chi connectivity index (χ4n) is 2.81. The van der Waals surface area contributed by atoms with E-state index < -0.39 is 0 Å². The molecule has 0 aliphatic carbocycles. The molecule has 2 aliphatic rings. The molecular formula is C15H20N4O2S. The van der Waals surface area contributed by atoms with Gasteiger partial charge in [-0.25, -0.2) is 9.97 Å². The highest BCUT2D eigenvalue weighted by atomic mass is 32.2. The van der Waals surface area contributed by atoms with Crippen LogP contribution in [0, 0.1) is 0 Å². The summed E-state index contributed by atoms with van der Waals surface area (Å²) in [6.45, 7) is 1.46. The van der Waals surface area contributed by atoms with Crippen LogP contribution < -0.4 is 5.32 Å². The summed E-state index contributed by atoms with van der Waals surface area (Å²) in [5.41, 5.74) is 0.322. The lowest BCUT2D eigenvalue weighted by Gasteiger charge is -2.26. The lowest BCUT2D eigenvalue weighted by Crippen LogP contribution is -2.40. The van der Waals surface area contributed by atoms with E-state index in [0.717, 1.165) is 50.3 Å². The topological polar surface area (TPSA) is 75.2 Å². The molecule has 0 spiro atoms. The second kappa shape index (κ2) is 7.09. The van der Waals surface area contributed by atoms with Crippen LogP contribution >= 0.6 is 11.8 Å². The number of rotatable bonds is 3. The van der Waals surface area contributed by atoms with Crippen LogP contribution in [0.3, 0.4) is 0 Å². The summed E-state index contributed by atoms with van der Waals surface area (Å²) in [5.74, 6) is 1.51. The number of amides is 2. The Bertz CT molecular complexity index is 554. The molecule has 3 heterocycles. The molecule has 1 N–H and O–H groups in total. The van der Waals surface area contributed by atoms with Crippen molar-refractivity contribution in [1.82, 2.24) is 20.2 Å². The summed E-state index contributed by atoms with van der Waals surface area (Å²) in [7, 11) is 0. The van der Waals surface area contributed by atoms with Crippen molar-refractivity contribution < 1.29 is 9.59 Å². The Balaban J connectivity index is 1.76. The number of nitrogens with zero attached hydrogens (tertiary/aromatic N) is 3. The monoisotopic (exact) mass is 320 g/mol. The van der Waals surface area contributed by atoms with Gasteiger partial charge in [0.1, 0.15) is 0 Å². The Hall–Kier alpha value is -1.63. The van der Waals surface area contributed by atoms with Crippen molar-refractivity contribution in [1.29, 1.82) is 0 Å². The van der Waals surface area contributed by atoms with E-state index in [-0.39, 0.29) is 29.2 Å². The molecule has 2 fully saturated rings. The zero-order chi connectivity index (χ0) is 15.4. The standard InChI is InChI=1S/C15H20N4O2S/c20-14(18-11-4-9-22-10-11)12-13(17-6-5-16-12)15(21)19-7-2-1-3-8-19/h5-6,11H,1-4,7-10H2,(H,18,20). The van der Waals surface area contributed by atoms with Crippen molar-refractivity contribution in [3.05, 3.63) is 23.8 Å². The minimum absolute atomic E-state index is 0.148. The van der Waals surface area contributed by atoms with Crippen LogP contribution in [0.4, 0.5) is 0 Å². The highest BCUT2D eigenvalue weighted by Crippen LogP contribution is 2.18. The molecule has 118 valence electrons. The lowest BCUT2D eigenvalue weighted by atomic mass is 10.1. The van der Waals surface area contributed by atoms with E-state index in [2.05, 4.69) is 15.3 Å². The van der Waals surface area contributed by atoms with Crippen LogP contribution in [0.5, 0.6) is 0 Å². The van der Waals surface area contributed by atoms with E-state index in [1.807, 2.05) is 11.8 Å². The van der Waals surface area contributed by atoms with E-state index in [9.17, 15) is 9.59 Å². The molecule has 22 heavy (non-hydrogen) atoms. The van der Waals surface area contributed by atoms with Gasteiger partial charge < -0.3 is 10.2 Å². The van der Waals surface area contributed by atoms with Gasteiger partial charge in [-0.05, 0) is 31.4 Å². The molecule has 2 aliphatic heterocycles. The summed E-state index contributed by atoms with van der Waals surface area (Å²) in [6, 6.07) is 0.164. The minimum Gasteiger partial charge on any atom is -0.347 e. The minimum atomic E-state index is -0.291. The van der Waals surface area contributed by atoms with Gasteiger partial charge in [0.25, 0.3) is 11.8 Å². The van der Waals surface area contributed by atoms with Gasteiger partial charge in [-0.3, -0.25) is 9.59 Å². The molecule has 2 amide bonds. The number of nitrogens with one attached hydrogen (secondary N) is 1. The molecule has 0 radical (unpaired) electrons. The van der Waals surface area contributed by atoms with Crippen molar-refractivity contribution in [3.63, 3.8) is 0 Å². The molecule has 1 aromatic heterocycles. The Morgan fingerprint density at radius 2 is 1.86 bits per heavy atom. The van der Waals surface area contributed by atoms with Gasteiger partial charge in [-0.1, -0.05) is 0 Å². The smallest absolute Gasteiger partial charge is 0.274 e. The molecule has 1 aromatic rings. The normalized spacial score (nSPS) is 21.6. The average Bonchev–Trinajstić information content (AvgIpc) is 3.08. The number of piperidine rings is 1. The van der Waals surface area contributed by atoms with E-state index >= 15 is 0 Å². The molecule has 7 heteroatoms. The van der Waals surface area contributed by atoms with E-state index in [4.69, 9.17) is 0 Å². The van der Waals surface area contributed by atoms with Gasteiger partial charge in [-0.2, -0.15) is 11.8 Å². The highest BCUT2D eigenvalue weighted by molar-refractivity contribution is 7.99. The van der Waals surface area contributed by atoms with Crippen LogP contribution in [-0.2, 0) is 0 Å². The second-order valence-electron chi connectivity index (χ2n) is 5.64. The second-order valence-corrected chi connectivity index (χ2v) is 6.79. The molecule has 3 rings (SSSR count). The maximum Gasteiger partial charge on any atom is 0.274 e. The number of hydrogen-bond acceptors (Lipinski definition) is 5. The van der Waals surface area contributed by atoms with Gasteiger partial charge in [0, 0.05) is 37.3 Å². The fraction of sp³-hybridized carbons (Fsp3) is 0.600. The molecule has 0 aromatic carbocycles. The van der Waals surface area contributed by atoms with Gasteiger partial charge in [0.2, 0.25) is 0 Å². The molecule has 1 atom stereocenters. The van der Waals surface area contributed by atoms with Crippen LogP contribution in [0.1, 0.15) is 46.7 Å². The Morgan fingerprint density at radius 3 is 2.55 bits per heavy atom. The zero-order valence-corrected chi connectivity index (χ0v) is 13.3. The number of hydrogen-bond donors (Lipinski definition) is 1. The van der Waals surface area contributed by atoms with Crippen molar-refractivity contribution >= 4 is 23.6 Å². The largest absolute Gasteiger partial charge is 0.347 e. The number of aromatic nitrogens is 2. The maximum atomic E-state index is 12.6. The summed E-state index contributed by atoms with van der Waals surface area (Å²) in [4.78, 5) is 35.0. The summed E-state index contributed by atoms with van der Waals surface area (Å²) in [5, 5.41) is 2.96. The first-order valence-electron chi connectivity index (χ1n) is 7.74. The summed E-state index contributed by atoms with van der Waals surface area (Å²) >= 11 is 1.83. The van der Waals surface area contributed by atoms with Crippen LogP contribution in [0.25, 0.3) is 0 Å². The van der Waals surface area contributed by atoms with Crippen LogP contribution in [0.2, 0.25) is 0 Å². The first kappa shape index (κ1) is 15.3. The molecular weight excluding hydrogens is 300 g/mol. The van der Waals surface area contributed by atoms with E-state index in [1.165, 1.54) is 12.4 Å². The van der Waals surface area contributed by atoms with Crippen LogP contribution in [-0.4, -0.2) is 57.3 Å². The van der Waals surface area contributed by atoms with Gasteiger partial charge in [-0.15, -0.1) is 0 Å². The fourth-order valence-corrected chi connectivity index (χ4v) is 3.96. The van der Waals surface area contributed by atoms with Crippen LogP contribution in [0.15, 0.2) is 12.4 Å². The number of carbonyl (C=O) groups is 2. The third-order valence-corrected chi connectivity index (χ3v) is 5.19. The number of likely N-dealkylation sites (tertiary alicyclic amines) is 1. The quantitative estimate of drug-likeness (QED) is 0.909.